The molecule has 16 heavy (non-hydrogen) atoms. The van der Waals surface area contributed by atoms with Crippen LogP contribution in [0.4, 0.5) is 4.39 Å². The van der Waals surface area contributed by atoms with Gasteiger partial charge in [-0.15, -0.1) is 0 Å². The summed E-state index contributed by atoms with van der Waals surface area (Å²) in [5.41, 5.74) is 0.244. The Labute approximate surface area is 99.1 Å². The number of nitrogens with zero attached hydrogens (tertiary/aromatic N) is 2. The molecule has 0 fully saturated rings. The van der Waals surface area contributed by atoms with Crippen molar-refractivity contribution in [2.45, 2.75) is 6.92 Å². The first-order valence-corrected chi connectivity index (χ1v) is 5.43. The van der Waals surface area contributed by atoms with Crippen molar-refractivity contribution in [1.82, 2.24) is 9.61 Å². The minimum Gasteiger partial charge on any atom is -0.462 e. The standard InChI is InChI=1S/C10H8BrFN2O2/c1-2-16-10(15)6-5-13-14-4-3-7(11)8(12)9(6)14/h3-5H,2H2,1H3. The summed E-state index contributed by atoms with van der Waals surface area (Å²) < 4.78 is 20.2. The molecule has 2 aromatic rings. The Bertz CT molecular complexity index is 553. The zero-order chi connectivity index (χ0) is 11.7. The zero-order valence-electron chi connectivity index (χ0n) is 8.41. The summed E-state index contributed by atoms with van der Waals surface area (Å²) in [7, 11) is 0. The van der Waals surface area contributed by atoms with Crippen LogP contribution in [-0.4, -0.2) is 22.2 Å². The van der Waals surface area contributed by atoms with Gasteiger partial charge in [0.1, 0.15) is 11.1 Å². The van der Waals surface area contributed by atoms with Crippen LogP contribution < -0.4 is 0 Å². The number of fused-ring (bicyclic) bond motifs is 1. The molecular weight excluding hydrogens is 279 g/mol. The molecule has 0 unspecified atom stereocenters. The van der Waals surface area contributed by atoms with Crippen LogP contribution in [0.2, 0.25) is 0 Å². The lowest BCUT2D eigenvalue weighted by Gasteiger charge is -2.01. The van der Waals surface area contributed by atoms with Gasteiger partial charge in [0.15, 0.2) is 5.82 Å². The first kappa shape index (κ1) is 11.1. The first-order chi connectivity index (χ1) is 7.65. The molecule has 0 saturated heterocycles. The number of carbonyl (C=O) groups excluding carboxylic acids is 1. The molecule has 0 aliphatic carbocycles. The summed E-state index contributed by atoms with van der Waals surface area (Å²) in [6.07, 6.45) is 2.86. The zero-order valence-corrected chi connectivity index (χ0v) is 9.99. The van der Waals surface area contributed by atoms with E-state index in [2.05, 4.69) is 21.0 Å². The summed E-state index contributed by atoms with van der Waals surface area (Å²) in [4.78, 5) is 11.5. The van der Waals surface area contributed by atoms with Crippen molar-refractivity contribution in [2.75, 3.05) is 6.61 Å². The van der Waals surface area contributed by atoms with Crippen LogP contribution in [0.5, 0.6) is 0 Å². The maximum absolute atomic E-state index is 13.8. The van der Waals surface area contributed by atoms with Crippen LogP contribution in [0.25, 0.3) is 5.52 Å². The van der Waals surface area contributed by atoms with Crippen molar-refractivity contribution in [3.63, 3.8) is 0 Å². The van der Waals surface area contributed by atoms with Gasteiger partial charge in [-0.1, -0.05) is 0 Å². The molecule has 0 spiro atoms. The van der Waals surface area contributed by atoms with Gasteiger partial charge < -0.3 is 4.74 Å². The van der Waals surface area contributed by atoms with Crippen molar-refractivity contribution in [1.29, 1.82) is 0 Å². The van der Waals surface area contributed by atoms with Gasteiger partial charge in [-0.2, -0.15) is 5.10 Å². The molecule has 0 N–H and O–H groups in total. The van der Waals surface area contributed by atoms with Gasteiger partial charge in [0.05, 0.1) is 17.3 Å². The summed E-state index contributed by atoms with van der Waals surface area (Å²) in [5, 5.41) is 3.88. The SMILES string of the molecule is CCOC(=O)c1cnn2ccc(Br)c(F)c12. The molecule has 84 valence electrons. The van der Waals surface area contributed by atoms with Crippen LogP contribution >= 0.6 is 15.9 Å². The largest absolute Gasteiger partial charge is 0.462 e. The molecule has 4 nitrogen and oxygen atoms in total. The second kappa shape index (κ2) is 4.21. The molecular formula is C10H8BrFN2O2. The highest BCUT2D eigenvalue weighted by Gasteiger charge is 2.18. The van der Waals surface area contributed by atoms with E-state index in [1.54, 1.807) is 13.1 Å². The van der Waals surface area contributed by atoms with Crippen LogP contribution in [0.1, 0.15) is 17.3 Å². The normalized spacial score (nSPS) is 10.7. The molecule has 2 rings (SSSR count). The molecule has 0 aliphatic heterocycles. The fourth-order valence-corrected chi connectivity index (χ4v) is 1.68. The smallest absolute Gasteiger partial charge is 0.342 e. The number of esters is 1. The molecule has 0 atom stereocenters. The van der Waals surface area contributed by atoms with Gasteiger partial charge >= 0.3 is 5.97 Å². The second-order valence-electron chi connectivity index (χ2n) is 3.05. The molecule has 0 radical (unpaired) electrons. The van der Waals surface area contributed by atoms with Crippen molar-refractivity contribution in [3.8, 4) is 0 Å². The van der Waals surface area contributed by atoms with E-state index in [-0.39, 0.29) is 22.2 Å². The number of hydrogen-bond acceptors (Lipinski definition) is 3. The van der Waals surface area contributed by atoms with Crippen LogP contribution in [0, 0.1) is 5.82 Å². The minimum atomic E-state index is -0.575. The number of ether oxygens (including phenoxy) is 1. The van der Waals surface area contributed by atoms with E-state index < -0.39 is 11.8 Å². The topological polar surface area (TPSA) is 43.6 Å². The van der Waals surface area contributed by atoms with Crippen molar-refractivity contribution in [2.24, 2.45) is 0 Å². The van der Waals surface area contributed by atoms with E-state index >= 15 is 0 Å². The predicted octanol–water partition coefficient (Wildman–Crippen LogP) is 2.41. The van der Waals surface area contributed by atoms with Crippen molar-refractivity contribution in [3.05, 3.63) is 34.3 Å². The molecule has 2 heterocycles. The lowest BCUT2D eigenvalue weighted by molar-refractivity contribution is 0.0528. The van der Waals surface area contributed by atoms with E-state index in [0.717, 1.165) is 0 Å². The van der Waals surface area contributed by atoms with Gasteiger partial charge in [0, 0.05) is 6.20 Å². The summed E-state index contributed by atoms with van der Waals surface area (Å²) in [6.45, 7) is 1.93. The molecule has 6 heteroatoms. The van der Waals surface area contributed by atoms with Crippen molar-refractivity contribution >= 4 is 27.4 Å². The number of pyridine rings is 1. The predicted molar refractivity (Wildman–Crippen MR) is 58.8 cm³/mol. The van der Waals surface area contributed by atoms with Crippen molar-refractivity contribution < 1.29 is 13.9 Å². The lowest BCUT2D eigenvalue weighted by atomic mass is 10.2. The quantitative estimate of drug-likeness (QED) is 0.797. The van der Waals surface area contributed by atoms with Crippen LogP contribution in [0.3, 0.4) is 0 Å². The number of halogens is 2. The molecule has 0 amide bonds. The number of hydrogen-bond donors (Lipinski definition) is 0. The fourth-order valence-electron chi connectivity index (χ4n) is 1.37. The molecule has 0 aromatic carbocycles. The van der Waals surface area contributed by atoms with E-state index in [0.29, 0.717) is 0 Å². The highest BCUT2D eigenvalue weighted by Crippen LogP contribution is 2.22. The van der Waals surface area contributed by atoms with E-state index in [9.17, 15) is 9.18 Å². The number of carbonyl (C=O) groups is 1. The van der Waals surface area contributed by atoms with Gasteiger partial charge in [-0.25, -0.2) is 13.7 Å². The third-order valence-electron chi connectivity index (χ3n) is 2.07. The van der Waals surface area contributed by atoms with E-state index in [1.165, 1.54) is 16.8 Å². The second-order valence-corrected chi connectivity index (χ2v) is 3.90. The molecule has 0 bridgehead atoms. The third-order valence-corrected chi connectivity index (χ3v) is 2.68. The highest BCUT2D eigenvalue weighted by molar-refractivity contribution is 9.10. The van der Waals surface area contributed by atoms with Gasteiger partial charge in [0.2, 0.25) is 0 Å². The first-order valence-electron chi connectivity index (χ1n) is 4.63. The van der Waals surface area contributed by atoms with Gasteiger partial charge in [0.25, 0.3) is 0 Å². The molecule has 0 saturated carbocycles. The maximum Gasteiger partial charge on any atom is 0.342 e. The maximum atomic E-state index is 13.8. The summed E-state index contributed by atoms with van der Waals surface area (Å²) in [6, 6.07) is 1.52. The minimum absolute atomic E-state index is 0.118. The highest BCUT2D eigenvalue weighted by atomic mass is 79.9. The average molecular weight is 287 g/mol. The summed E-state index contributed by atoms with van der Waals surface area (Å²) >= 11 is 3.06. The Balaban J connectivity index is 2.63. The van der Waals surface area contributed by atoms with Gasteiger partial charge in [-0.05, 0) is 28.9 Å². The Morgan fingerprint density at radius 3 is 3.12 bits per heavy atom. The fraction of sp³-hybridized carbons (Fsp3) is 0.200. The Morgan fingerprint density at radius 1 is 1.69 bits per heavy atom. The average Bonchev–Trinajstić information content (AvgIpc) is 2.68. The van der Waals surface area contributed by atoms with Crippen LogP contribution in [-0.2, 0) is 4.74 Å². The third kappa shape index (κ3) is 1.69. The lowest BCUT2D eigenvalue weighted by Crippen LogP contribution is -2.05. The molecule has 0 aliphatic rings. The molecule has 2 aromatic heterocycles. The van der Waals surface area contributed by atoms with Crippen LogP contribution in [0.15, 0.2) is 22.9 Å². The number of aromatic nitrogens is 2. The Kier molecular flexibility index (Phi) is 2.91. The monoisotopic (exact) mass is 286 g/mol. The number of rotatable bonds is 2. The van der Waals surface area contributed by atoms with E-state index in [1.807, 2.05) is 0 Å². The Hall–Kier alpha value is -1.43. The summed E-state index contributed by atoms with van der Waals surface area (Å²) in [5.74, 6) is -1.10. The Morgan fingerprint density at radius 2 is 2.44 bits per heavy atom. The van der Waals surface area contributed by atoms with Gasteiger partial charge in [-0.3, -0.25) is 0 Å². The van der Waals surface area contributed by atoms with E-state index in [4.69, 9.17) is 4.74 Å².